The second-order valence-electron chi connectivity index (χ2n) is 2.81. The molecule has 2 heterocycles. The predicted molar refractivity (Wildman–Crippen MR) is 54.4 cm³/mol. The van der Waals surface area contributed by atoms with E-state index in [2.05, 4.69) is 11.1 Å². The van der Waals surface area contributed by atoms with E-state index in [1.54, 1.807) is 18.3 Å². The Bertz CT molecular complexity index is 513. The maximum Gasteiger partial charge on any atom is 1.00 e. The zero-order chi connectivity index (χ0) is 10.8. The van der Waals surface area contributed by atoms with Gasteiger partial charge in [-0.15, -0.1) is 0 Å². The maximum atomic E-state index is 10.9. The van der Waals surface area contributed by atoms with E-state index < -0.39 is 5.97 Å². The van der Waals surface area contributed by atoms with Crippen LogP contribution in [0.1, 0.15) is 10.5 Å². The monoisotopic (exact) mass is 306 g/mol. The standard InChI is InChI=1S/C10H6ClN2O2.Rb/c11-7-3-1-5-12-9(7)13-6-2-4-8(13)10(14)15;/h1,3-6H,(H,14,15);/q-1;+1. The van der Waals surface area contributed by atoms with Crippen LogP contribution in [0.5, 0.6) is 0 Å². The first kappa shape index (κ1) is 14.1. The molecule has 2 aromatic heterocycles. The van der Waals surface area contributed by atoms with Crippen LogP contribution in [-0.2, 0) is 0 Å². The number of hydrogen-bond donors (Lipinski definition) is 1. The van der Waals surface area contributed by atoms with Gasteiger partial charge in [0.25, 0.3) is 5.97 Å². The number of nitrogens with zero attached hydrogens (tertiary/aromatic N) is 2. The van der Waals surface area contributed by atoms with Gasteiger partial charge >= 0.3 is 58.2 Å². The molecular weight excluding hydrogens is 301 g/mol. The molecule has 0 bridgehead atoms. The van der Waals surface area contributed by atoms with E-state index in [0.717, 1.165) is 0 Å². The van der Waals surface area contributed by atoms with Crippen molar-refractivity contribution in [2.45, 2.75) is 0 Å². The average molecular weight is 307 g/mol. The summed E-state index contributed by atoms with van der Waals surface area (Å²) in [6, 6.07) is 7.39. The van der Waals surface area contributed by atoms with Crippen molar-refractivity contribution in [3.63, 3.8) is 0 Å². The molecule has 0 atom stereocenters. The van der Waals surface area contributed by atoms with Gasteiger partial charge in [-0.05, 0) is 17.8 Å². The molecular formula is C10H6ClN2O2Rb. The van der Waals surface area contributed by atoms with Gasteiger partial charge in [-0.3, -0.25) is 4.79 Å². The summed E-state index contributed by atoms with van der Waals surface area (Å²) < 4.78 is 1.38. The quantitative estimate of drug-likeness (QED) is 0.726. The fourth-order valence-corrected chi connectivity index (χ4v) is 1.44. The van der Waals surface area contributed by atoms with Crippen molar-refractivity contribution in [1.82, 2.24) is 9.55 Å². The van der Waals surface area contributed by atoms with E-state index in [1.807, 2.05) is 0 Å². The van der Waals surface area contributed by atoms with Crippen molar-refractivity contribution in [2.24, 2.45) is 0 Å². The normalized spacial score (nSPS) is 9.56. The van der Waals surface area contributed by atoms with Gasteiger partial charge in [-0.2, -0.15) is 0 Å². The van der Waals surface area contributed by atoms with Gasteiger partial charge in [-0.1, -0.05) is 17.8 Å². The Hall–Kier alpha value is -0.00481. The first-order valence-electron chi connectivity index (χ1n) is 4.13. The van der Waals surface area contributed by atoms with E-state index in [1.165, 1.54) is 16.8 Å². The molecule has 0 aliphatic rings. The SMILES string of the molecule is O=C(O)c1c[c-]cn1-c1ncccc1Cl.[Rb+]. The van der Waals surface area contributed by atoms with Crippen LogP contribution in [0.4, 0.5) is 0 Å². The minimum atomic E-state index is -1.04. The Kier molecular flexibility index (Phi) is 5.33. The molecule has 2 aromatic rings. The molecule has 0 aliphatic carbocycles. The molecule has 4 nitrogen and oxygen atoms in total. The summed E-state index contributed by atoms with van der Waals surface area (Å²) in [6.07, 6.45) is 3.03. The van der Waals surface area contributed by atoms with Gasteiger partial charge in [0.05, 0.1) is 5.02 Å². The summed E-state index contributed by atoms with van der Waals surface area (Å²) >= 11 is 5.90. The van der Waals surface area contributed by atoms with Gasteiger partial charge in [0.15, 0.2) is 0 Å². The minimum absolute atomic E-state index is 0. The number of halogens is 1. The first-order valence-corrected chi connectivity index (χ1v) is 4.50. The van der Waals surface area contributed by atoms with Crippen molar-refractivity contribution in [3.8, 4) is 5.82 Å². The average Bonchev–Trinajstić information content (AvgIpc) is 2.67. The summed E-state index contributed by atoms with van der Waals surface area (Å²) in [4.78, 5) is 14.9. The fourth-order valence-electron chi connectivity index (χ4n) is 1.22. The van der Waals surface area contributed by atoms with Gasteiger partial charge in [0.1, 0.15) is 5.82 Å². The molecule has 2 rings (SSSR count). The molecule has 0 amide bonds. The number of aromatic nitrogens is 2. The van der Waals surface area contributed by atoms with E-state index in [4.69, 9.17) is 16.7 Å². The van der Waals surface area contributed by atoms with E-state index in [-0.39, 0.29) is 63.9 Å². The van der Waals surface area contributed by atoms with Crippen LogP contribution in [0.2, 0.25) is 5.02 Å². The Balaban J connectivity index is 0.00000128. The van der Waals surface area contributed by atoms with Crippen LogP contribution >= 0.6 is 11.6 Å². The molecule has 0 saturated carbocycles. The van der Waals surface area contributed by atoms with Crippen molar-refractivity contribution in [3.05, 3.63) is 47.4 Å². The number of aromatic carboxylic acids is 1. The van der Waals surface area contributed by atoms with Crippen LogP contribution in [0.3, 0.4) is 0 Å². The minimum Gasteiger partial charge on any atom is -0.490 e. The molecule has 0 spiro atoms. The Morgan fingerprint density at radius 3 is 2.94 bits per heavy atom. The smallest absolute Gasteiger partial charge is 0.490 e. The van der Waals surface area contributed by atoms with Gasteiger partial charge < -0.3 is 9.67 Å². The van der Waals surface area contributed by atoms with E-state index >= 15 is 0 Å². The Morgan fingerprint density at radius 2 is 2.31 bits per heavy atom. The summed E-state index contributed by atoms with van der Waals surface area (Å²) in [5.74, 6) is -0.657. The molecule has 1 N–H and O–H groups in total. The summed E-state index contributed by atoms with van der Waals surface area (Å²) in [5, 5.41) is 9.29. The number of hydrogen-bond acceptors (Lipinski definition) is 2. The first-order chi connectivity index (χ1) is 7.20. The molecule has 16 heavy (non-hydrogen) atoms. The fraction of sp³-hybridized carbons (Fsp3) is 0. The second kappa shape index (κ2) is 6.07. The van der Waals surface area contributed by atoms with Crippen molar-refractivity contribution >= 4 is 17.6 Å². The zero-order valence-corrected chi connectivity index (χ0v) is 14.2. The largest absolute Gasteiger partial charge is 1.00 e. The molecule has 6 heteroatoms. The summed E-state index contributed by atoms with van der Waals surface area (Å²) in [5.41, 5.74) is 0.0793. The van der Waals surface area contributed by atoms with Gasteiger partial charge in [0.2, 0.25) is 0 Å². The van der Waals surface area contributed by atoms with Crippen LogP contribution < -0.4 is 58.2 Å². The summed E-state index contributed by atoms with van der Waals surface area (Å²) in [6.45, 7) is 0. The molecule has 0 unspecified atom stereocenters. The van der Waals surface area contributed by atoms with Crippen molar-refractivity contribution in [1.29, 1.82) is 0 Å². The number of carbonyl (C=O) groups is 1. The van der Waals surface area contributed by atoms with Crippen LogP contribution in [0, 0.1) is 6.07 Å². The third-order valence-electron chi connectivity index (χ3n) is 1.87. The number of carboxylic acid groups (broad SMARTS) is 1. The van der Waals surface area contributed by atoms with Crippen LogP contribution in [-0.4, -0.2) is 20.6 Å². The Morgan fingerprint density at radius 1 is 1.56 bits per heavy atom. The third-order valence-corrected chi connectivity index (χ3v) is 2.16. The predicted octanol–water partition coefficient (Wildman–Crippen LogP) is -0.972. The van der Waals surface area contributed by atoms with Gasteiger partial charge in [0, 0.05) is 6.20 Å². The van der Waals surface area contributed by atoms with Crippen LogP contribution in [0.15, 0.2) is 30.6 Å². The number of carboxylic acids is 1. The van der Waals surface area contributed by atoms with E-state index in [9.17, 15) is 4.79 Å². The zero-order valence-electron chi connectivity index (χ0n) is 8.51. The van der Waals surface area contributed by atoms with Crippen molar-refractivity contribution < 1.29 is 68.1 Å². The Labute approximate surface area is 146 Å². The molecule has 0 aromatic carbocycles. The number of pyridine rings is 1. The molecule has 0 radical (unpaired) electrons. The third kappa shape index (κ3) is 2.81. The number of rotatable bonds is 2. The van der Waals surface area contributed by atoms with Crippen LogP contribution in [0.25, 0.3) is 5.82 Å². The maximum absolute atomic E-state index is 10.9. The molecule has 0 fully saturated rings. The van der Waals surface area contributed by atoms with E-state index in [0.29, 0.717) is 10.8 Å². The summed E-state index contributed by atoms with van der Waals surface area (Å²) in [7, 11) is 0. The molecule has 76 valence electrons. The molecule has 0 aliphatic heterocycles. The van der Waals surface area contributed by atoms with Gasteiger partial charge in [-0.25, -0.2) is 17.1 Å². The topological polar surface area (TPSA) is 55.1 Å². The van der Waals surface area contributed by atoms with Crippen molar-refractivity contribution in [2.75, 3.05) is 0 Å². The second-order valence-corrected chi connectivity index (χ2v) is 3.22. The molecule has 0 saturated heterocycles.